The number of nitrogens with zero attached hydrogens (tertiary/aromatic N) is 1. The third-order valence-corrected chi connectivity index (χ3v) is 3.89. The van der Waals surface area contributed by atoms with Crippen LogP contribution in [-0.2, 0) is 10.0 Å². The summed E-state index contributed by atoms with van der Waals surface area (Å²) in [7, 11) is -2.24. The van der Waals surface area contributed by atoms with E-state index < -0.39 is 10.0 Å². The summed E-state index contributed by atoms with van der Waals surface area (Å²) >= 11 is 0. The number of rotatable bonds is 4. The summed E-state index contributed by atoms with van der Waals surface area (Å²) in [6.45, 7) is 0. The number of benzene rings is 1. The number of ether oxygens (including phenoxy) is 1. The van der Waals surface area contributed by atoms with Crippen LogP contribution in [0.15, 0.2) is 47.6 Å². The number of anilines is 2. The summed E-state index contributed by atoms with van der Waals surface area (Å²) in [6.07, 6.45) is 2.99. The second kappa shape index (κ2) is 5.15. The van der Waals surface area contributed by atoms with Crippen molar-refractivity contribution in [3.63, 3.8) is 0 Å². The van der Waals surface area contributed by atoms with Crippen molar-refractivity contribution >= 4 is 21.4 Å². The molecule has 3 N–H and O–H groups in total. The highest BCUT2D eigenvalue weighted by Crippen LogP contribution is 2.25. The predicted molar refractivity (Wildman–Crippen MR) is 72.5 cm³/mol. The lowest BCUT2D eigenvalue weighted by Crippen LogP contribution is -2.14. The van der Waals surface area contributed by atoms with Gasteiger partial charge < -0.3 is 10.5 Å². The van der Waals surface area contributed by atoms with Gasteiger partial charge in [0.05, 0.1) is 18.5 Å². The average Bonchev–Trinajstić information content (AvgIpc) is 2.38. The molecule has 2 rings (SSSR count). The van der Waals surface area contributed by atoms with Gasteiger partial charge in [0.2, 0.25) is 0 Å². The Kier molecular flexibility index (Phi) is 3.57. The highest BCUT2D eigenvalue weighted by atomic mass is 32.2. The summed E-state index contributed by atoms with van der Waals surface area (Å²) in [5, 5.41) is 0. The fraction of sp³-hybridized carbons (Fsp3) is 0.0833. The smallest absolute Gasteiger partial charge is 0.263 e. The van der Waals surface area contributed by atoms with Gasteiger partial charge >= 0.3 is 0 Å². The van der Waals surface area contributed by atoms with Gasteiger partial charge in [0, 0.05) is 18.5 Å². The van der Waals surface area contributed by atoms with E-state index in [-0.39, 0.29) is 10.6 Å². The first kappa shape index (κ1) is 13.2. The number of sulfonamides is 1. The van der Waals surface area contributed by atoms with E-state index in [4.69, 9.17) is 10.5 Å². The Hall–Kier alpha value is -2.28. The van der Waals surface area contributed by atoms with Crippen molar-refractivity contribution in [3.05, 3.63) is 42.7 Å². The molecule has 1 heterocycles. The lowest BCUT2D eigenvalue weighted by Gasteiger charge is -2.10. The molecule has 2 aromatic rings. The van der Waals surface area contributed by atoms with Gasteiger partial charge in [-0.3, -0.25) is 9.71 Å². The van der Waals surface area contributed by atoms with Gasteiger partial charge in [0.1, 0.15) is 10.6 Å². The molecule has 0 bridgehead atoms. The van der Waals surface area contributed by atoms with Crippen LogP contribution in [0.3, 0.4) is 0 Å². The second-order valence-corrected chi connectivity index (χ2v) is 5.40. The predicted octanol–water partition coefficient (Wildman–Crippen LogP) is 1.47. The van der Waals surface area contributed by atoms with Crippen molar-refractivity contribution in [2.24, 2.45) is 0 Å². The first-order valence-corrected chi connectivity index (χ1v) is 6.87. The molecule has 0 fully saturated rings. The zero-order valence-corrected chi connectivity index (χ0v) is 11.0. The number of nitrogens with one attached hydrogen (secondary N) is 1. The van der Waals surface area contributed by atoms with E-state index in [1.165, 1.54) is 37.7 Å². The molecule has 0 aliphatic rings. The molecule has 0 saturated heterocycles. The Morgan fingerprint density at radius 1 is 1.21 bits per heavy atom. The van der Waals surface area contributed by atoms with Crippen LogP contribution in [0.4, 0.5) is 11.4 Å². The maximum Gasteiger partial charge on any atom is 0.263 e. The summed E-state index contributed by atoms with van der Waals surface area (Å²) in [6, 6.07) is 7.50. The fourth-order valence-electron chi connectivity index (χ4n) is 1.53. The van der Waals surface area contributed by atoms with Crippen molar-refractivity contribution in [2.75, 3.05) is 17.6 Å². The molecule has 19 heavy (non-hydrogen) atoms. The SMILES string of the molecule is COc1ccc(S(=O)(=O)Nc2ccncc2)c(N)c1. The van der Waals surface area contributed by atoms with E-state index in [1.807, 2.05) is 0 Å². The van der Waals surface area contributed by atoms with Crippen molar-refractivity contribution in [3.8, 4) is 5.75 Å². The van der Waals surface area contributed by atoms with Crippen LogP contribution in [-0.4, -0.2) is 20.5 Å². The van der Waals surface area contributed by atoms with E-state index in [9.17, 15) is 8.42 Å². The van der Waals surface area contributed by atoms with Gasteiger partial charge in [-0.1, -0.05) is 0 Å². The average molecular weight is 279 g/mol. The Morgan fingerprint density at radius 3 is 2.47 bits per heavy atom. The number of nitrogens with two attached hydrogens (primary N) is 1. The van der Waals surface area contributed by atoms with E-state index in [0.717, 1.165) is 0 Å². The Morgan fingerprint density at radius 2 is 1.89 bits per heavy atom. The van der Waals surface area contributed by atoms with Gasteiger partial charge in [-0.05, 0) is 24.3 Å². The van der Waals surface area contributed by atoms with Gasteiger partial charge in [-0.2, -0.15) is 0 Å². The highest BCUT2D eigenvalue weighted by Gasteiger charge is 2.17. The number of hydrogen-bond donors (Lipinski definition) is 2. The summed E-state index contributed by atoms with van der Waals surface area (Å²) < 4.78 is 31.7. The number of aromatic nitrogens is 1. The molecule has 0 spiro atoms. The largest absolute Gasteiger partial charge is 0.497 e. The molecule has 7 heteroatoms. The first-order chi connectivity index (χ1) is 9.03. The zero-order valence-electron chi connectivity index (χ0n) is 10.2. The third-order valence-electron chi connectivity index (χ3n) is 2.44. The van der Waals surface area contributed by atoms with Crippen LogP contribution in [0.25, 0.3) is 0 Å². The molecule has 1 aromatic carbocycles. The lowest BCUT2D eigenvalue weighted by atomic mass is 10.3. The normalized spacial score (nSPS) is 11.0. The molecule has 0 aliphatic carbocycles. The zero-order chi connectivity index (χ0) is 13.9. The summed E-state index contributed by atoms with van der Waals surface area (Å²) in [4.78, 5) is 3.82. The molecule has 0 radical (unpaired) electrons. The minimum Gasteiger partial charge on any atom is -0.497 e. The van der Waals surface area contributed by atoms with Crippen LogP contribution >= 0.6 is 0 Å². The third kappa shape index (κ3) is 2.94. The molecular weight excluding hydrogens is 266 g/mol. The standard InChI is InChI=1S/C12H13N3O3S/c1-18-10-2-3-12(11(13)8-10)19(16,17)15-9-4-6-14-7-5-9/h2-8H,13H2,1H3,(H,14,15). The lowest BCUT2D eigenvalue weighted by molar-refractivity contribution is 0.414. The van der Waals surface area contributed by atoms with E-state index >= 15 is 0 Å². The van der Waals surface area contributed by atoms with Crippen molar-refractivity contribution in [2.45, 2.75) is 4.90 Å². The van der Waals surface area contributed by atoms with Crippen LogP contribution in [0, 0.1) is 0 Å². The Labute approximate surface area is 111 Å². The minimum atomic E-state index is -3.73. The van der Waals surface area contributed by atoms with E-state index in [1.54, 1.807) is 12.1 Å². The molecule has 0 aliphatic heterocycles. The topological polar surface area (TPSA) is 94.3 Å². The van der Waals surface area contributed by atoms with Gasteiger partial charge in [0.25, 0.3) is 10.0 Å². The summed E-state index contributed by atoms with van der Waals surface area (Å²) in [5.74, 6) is 0.500. The molecule has 0 saturated carbocycles. The maximum absolute atomic E-state index is 12.2. The summed E-state index contributed by atoms with van der Waals surface area (Å²) in [5.41, 5.74) is 6.27. The molecule has 0 atom stereocenters. The molecule has 0 amide bonds. The van der Waals surface area contributed by atoms with Gasteiger partial charge in [-0.15, -0.1) is 0 Å². The Balaban J connectivity index is 2.35. The highest BCUT2D eigenvalue weighted by molar-refractivity contribution is 7.92. The molecular formula is C12H13N3O3S. The first-order valence-electron chi connectivity index (χ1n) is 5.39. The Bertz CT molecular complexity index is 672. The maximum atomic E-state index is 12.2. The number of methoxy groups -OCH3 is 1. The van der Waals surface area contributed by atoms with Crippen molar-refractivity contribution in [1.29, 1.82) is 0 Å². The van der Waals surface area contributed by atoms with Crippen LogP contribution in [0.2, 0.25) is 0 Å². The fourth-order valence-corrected chi connectivity index (χ4v) is 2.70. The quantitative estimate of drug-likeness (QED) is 0.826. The molecule has 100 valence electrons. The van der Waals surface area contributed by atoms with E-state index in [2.05, 4.69) is 9.71 Å². The minimum absolute atomic E-state index is 0.00473. The van der Waals surface area contributed by atoms with Crippen LogP contribution in [0.5, 0.6) is 5.75 Å². The van der Waals surface area contributed by atoms with Crippen LogP contribution < -0.4 is 15.2 Å². The number of nitrogen functional groups attached to an aromatic ring is 1. The van der Waals surface area contributed by atoms with Crippen molar-refractivity contribution < 1.29 is 13.2 Å². The molecule has 6 nitrogen and oxygen atoms in total. The van der Waals surface area contributed by atoms with Gasteiger partial charge in [-0.25, -0.2) is 8.42 Å². The van der Waals surface area contributed by atoms with Gasteiger partial charge in [0.15, 0.2) is 0 Å². The monoisotopic (exact) mass is 279 g/mol. The molecule has 0 unspecified atom stereocenters. The molecule has 1 aromatic heterocycles. The number of pyridine rings is 1. The second-order valence-electron chi connectivity index (χ2n) is 3.75. The number of hydrogen-bond acceptors (Lipinski definition) is 5. The van der Waals surface area contributed by atoms with Crippen LogP contribution in [0.1, 0.15) is 0 Å². The van der Waals surface area contributed by atoms with Crippen molar-refractivity contribution in [1.82, 2.24) is 4.98 Å². The van der Waals surface area contributed by atoms with E-state index in [0.29, 0.717) is 11.4 Å².